The first-order valence-corrected chi connectivity index (χ1v) is 6.48. The highest BCUT2D eigenvalue weighted by molar-refractivity contribution is 6.07. The molecule has 0 aliphatic rings. The molecule has 0 fully saturated rings. The second-order valence-corrected chi connectivity index (χ2v) is 5.10. The molecule has 0 amide bonds. The Labute approximate surface area is 118 Å². The largest absolute Gasteiger partial charge is 0.294 e. The number of rotatable bonds is 4. The van der Waals surface area contributed by atoms with E-state index < -0.39 is 0 Å². The van der Waals surface area contributed by atoms with Gasteiger partial charge in [-0.15, -0.1) is 0 Å². The first-order valence-electron chi connectivity index (χ1n) is 6.48. The Bertz CT molecular complexity index is 729. The van der Waals surface area contributed by atoms with Crippen LogP contribution in [0.1, 0.15) is 35.3 Å². The SMILES string of the molecule is C=C(C)C(=O)Cc1cc(C)c2c(C(C)=O)ccnc2c1. The zero-order valence-corrected chi connectivity index (χ0v) is 12.0. The Kier molecular flexibility index (Phi) is 3.79. The van der Waals surface area contributed by atoms with Gasteiger partial charge in [-0.3, -0.25) is 14.6 Å². The van der Waals surface area contributed by atoms with Gasteiger partial charge in [0, 0.05) is 23.6 Å². The average molecular weight is 267 g/mol. The molecule has 0 N–H and O–H groups in total. The van der Waals surface area contributed by atoms with Crippen LogP contribution in [0.15, 0.2) is 36.5 Å². The molecule has 0 aliphatic carbocycles. The van der Waals surface area contributed by atoms with E-state index in [1.807, 2.05) is 19.1 Å². The highest BCUT2D eigenvalue weighted by Crippen LogP contribution is 2.23. The van der Waals surface area contributed by atoms with Gasteiger partial charge in [-0.2, -0.15) is 0 Å². The van der Waals surface area contributed by atoms with E-state index >= 15 is 0 Å². The summed E-state index contributed by atoms with van der Waals surface area (Å²) in [7, 11) is 0. The molecule has 2 rings (SSSR count). The Balaban J connectivity index is 2.57. The quantitative estimate of drug-likeness (QED) is 0.629. The lowest BCUT2D eigenvalue weighted by Gasteiger charge is -2.09. The molecule has 2 aromatic rings. The molecule has 0 radical (unpaired) electrons. The molecular weight excluding hydrogens is 250 g/mol. The van der Waals surface area contributed by atoms with Crippen LogP contribution in [0.2, 0.25) is 0 Å². The minimum atomic E-state index is 0.0197. The van der Waals surface area contributed by atoms with E-state index in [0.717, 1.165) is 22.0 Å². The number of nitrogens with zero attached hydrogens (tertiary/aromatic N) is 1. The predicted octanol–water partition coefficient (Wildman–Crippen LogP) is 3.43. The van der Waals surface area contributed by atoms with Gasteiger partial charge in [0.05, 0.1) is 5.52 Å². The summed E-state index contributed by atoms with van der Waals surface area (Å²) in [5, 5.41) is 0.867. The fourth-order valence-electron chi connectivity index (χ4n) is 2.30. The zero-order chi connectivity index (χ0) is 14.9. The van der Waals surface area contributed by atoms with Crippen molar-refractivity contribution in [2.75, 3.05) is 0 Å². The number of ketones is 2. The van der Waals surface area contributed by atoms with Crippen LogP contribution in [0.5, 0.6) is 0 Å². The van der Waals surface area contributed by atoms with Crippen LogP contribution in [-0.2, 0) is 11.2 Å². The molecule has 0 saturated heterocycles. The van der Waals surface area contributed by atoms with E-state index in [1.54, 1.807) is 26.1 Å². The van der Waals surface area contributed by atoms with E-state index in [1.165, 1.54) is 0 Å². The molecule has 1 heterocycles. The first kappa shape index (κ1) is 14.1. The zero-order valence-electron chi connectivity index (χ0n) is 12.0. The predicted molar refractivity (Wildman–Crippen MR) is 80.0 cm³/mol. The molecule has 1 aromatic heterocycles. The third-order valence-corrected chi connectivity index (χ3v) is 3.32. The van der Waals surface area contributed by atoms with E-state index in [2.05, 4.69) is 11.6 Å². The van der Waals surface area contributed by atoms with Crippen molar-refractivity contribution in [3.05, 3.63) is 53.2 Å². The van der Waals surface area contributed by atoms with Gasteiger partial charge in [0.1, 0.15) is 0 Å². The molecule has 20 heavy (non-hydrogen) atoms. The molecule has 0 bridgehead atoms. The van der Waals surface area contributed by atoms with E-state index in [9.17, 15) is 9.59 Å². The number of fused-ring (bicyclic) bond motifs is 1. The minimum absolute atomic E-state index is 0.0197. The summed E-state index contributed by atoms with van der Waals surface area (Å²) >= 11 is 0. The number of hydrogen-bond acceptors (Lipinski definition) is 3. The monoisotopic (exact) mass is 267 g/mol. The number of allylic oxidation sites excluding steroid dienone is 1. The number of carbonyl (C=O) groups is 2. The Morgan fingerprint density at radius 3 is 2.55 bits per heavy atom. The maximum absolute atomic E-state index is 11.8. The molecule has 1 aromatic carbocycles. The highest BCUT2D eigenvalue weighted by atomic mass is 16.1. The summed E-state index contributed by atoms with van der Waals surface area (Å²) in [6.07, 6.45) is 1.95. The molecular formula is C17H17NO2. The maximum atomic E-state index is 11.8. The van der Waals surface area contributed by atoms with Crippen molar-refractivity contribution in [3.8, 4) is 0 Å². The van der Waals surface area contributed by atoms with Crippen LogP contribution < -0.4 is 0 Å². The van der Waals surface area contributed by atoms with Crippen molar-refractivity contribution in [1.82, 2.24) is 4.98 Å². The molecule has 3 heteroatoms. The van der Waals surface area contributed by atoms with Crippen LogP contribution in [0.25, 0.3) is 10.9 Å². The summed E-state index contributed by atoms with van der Waals surface area (Å²) < 4.78 is 0. The Morgan fingerprint density at radius 2 is 1.95 bits per heavy atom. The Hall–Kier alpha value is -2.29. The van der Waals surface area contributed by atoms with Crippen LogP contribution in [-0.4, -0.2) is 16.6 Å². The fraction of sp³-hybridized carbons (Fsp3) is 0.235. The van der Waals surface area contributed by atoms with Crippen LogP contribution in [0.3, 0.4) is 0 Å². The van der Waals surface area contributed by atoms with Crippen molar-refractivity contribution < 1.29 is 9.59 Å². The van der Waals surface area contributed by atoms with Gasteiger partial charge in [0.25, 0.3) is 0 Å². The summed E-state index contributed by atoms with van der Waals surface area (Å²) in [6.45, 7) is 8.86. The molecule has 0 atom stereocenters. The average Bonchev–Trinajstić information content (AvgIpc) is 2.37. The lowest BCUT2D eigenvalue weighted by Crippen LogP contribution is -2.04. The van der Waals surface area contributed by atoms with Crippen LogP contribution in [0.4, 0.5) is 0 Å². The fourth-order valence-corrected chi connectivity index (χ4v) is 2.30. The topological polar surface area (TPSA) is 47.0 Å². The van der Waals surface area contributed by atoms with Crippen molar-refractivity contribution in [2.24, 2.45) is 0 Å². The van der Waals surface area contributed by atoms with Crippen LogP contribution >= 0.6 is 0 Å². The lowest BCUT2D eigenvalue weighted by molar-refractivity contribution is -0.114. The normalized spacial score (nSPS) is 10.6. The van der Waals surface area contributed by atoms with Crippen molar-refractivity contribution in [3.63, 3.8) is 0 Å². The van der Waals surface area contributed by atoms with Gasteiger partial charge < -0.3 is 0 Å². The Morgan fingerprint density at radius 1 is 1.25 bits per heavy atom. The van der Waals surface area contributed by atoms with Gasteiger partial charge in [0.15, 0.2) is 11.6 Å². The number of carbonyl (C=O) groups excluding carboxylic acids is 2. The molecule has 102 valence electrons. The highest BCUT2D eigenvalue weighted by Gasteiger charge is 2.12. The maximum Gasteiger partial charge on any atom is 0.162 e. The third-order valence-electron chi connectivity index (χ3n) is 3.32. The van der Waals surface area contributed by atoms with Gasteiger partial charge in [-0.1, -0.05) is 12.6 Å². The van der Waals surface area contributed by atoms with Gasteiger partial charge in [-0.05, 0) is 49.6 Å². The third kappa shape index (κ3) is 2.67. The molecule has 3 nitrogen and oxygen atoms in total. The van der Waals surface area contributed by atoms with Gasteiger partial charge >= 0.3 is 0 Å². The number of aryl methyl sites for hydroxylation is 1. The smallest absolute Gasteiger partial charge is 0.162 e. The molecule has 0 spiro atoms. The summed E-state index contributed by atoms with van der Waals surface area (Å²) in [4.78, 5) is 27.7. The van der Waals surface area contributed by atoms with Crippen LogP contribution in [0, 0.1) is 6.92 Å². The number of pyridine rings is 1. The van der Waals surface area contributed by atoms with E-state index in [4.69, 9.17) is 0 Å². The lowest BCUT2D eigenvalue weighted by atomic mass is 9.96. The van der Waals surface area contributed by atoms with Gasteiger partial charge in [0.2, 0.25) is 0 Å². The first-order chi connectivity index (χ1) is 9.40. The molecule has 0 aliphatic heterocycles. The summed E-state index contributed by atoms with van der Waals surface area (Å²) in [5.41, 5.74) is 3.84. The number of benzene rings is 1. The number of aromatic nitrogens is 1. The molecule has 0 unspecified atom stereocenters. The number of Topliss-reactive ketones (excluding diaryl/α,β-unsaturated/α-hetero) is 2. The van der Waals surface area contributed by atoms with Crippen molar-refractivity contribution >= 4 is 22.5 Å². The summed E-state index contributed by atoms with van der Waals surface area (Å²) in [6, 6.07) is 5.54. The van der Waals surface area contributed by atoms with Gasteiger partial charge in [-0.25, -0.2) is 0 Å². The van der Waals surface area contributed by atoms with Crippen molar-refractivity contribution in [1.29, 1.82) is 0 Å². The van der Waals surface area contributed by atoms with E-state index in [0.29, 0.717) is 17.6 Å². The number of hydrogen-bond donors (Lipinski definition) is 0. The van der Waals surface area contributed by atoms with E-state index in [-0.39, 0.29) is 11.6 Å². The minimum Gasteiger partial charge on any atom is -0.294 e. The van der Waals surface area contributed by atoms with Crippen molar-refractivity contribution in [2.45, 2.75) is 27.2 Å². The standard InChI is InChI=1S/C17H17NO2/c1-10(2)16(20)9-13-7-11(3)17-14(12(4)19)5-6-18-15(17)8-13/h5-8H,1,9H2,2-4H3. The second-order valence-electron chi connectivity index (χ2n) is 5.10. The summed E-state index contributed by atoms with van der Waals surface area (Å²) in [5.74, 6) is 0.0396. The molecule has 0 saturated carbocycles. The second kappa shape index (κ2) is 5.37.